The SMILES string of the molecule is CCCCC/C=C\C/C=C\C/C=C\C/C=C\CCCC(=O)OC(/C=C/CCCCCCCCCCC)C(COP(=O)([O-])OCC[N+](C)(C)C)NC(=O)CCCCC/C=C\CCCCCCCCC. The number of unbranched alkanes of at least 4 members (excludes halogenated alkanes) is 23. The summed E-state index contributed by atoms with van der Waals surface area (Å²) in [5.74, 6) is -0.629. The van der Waals surface area contributed by atoms with Crippen molar-refractivity contribution in [3.05, 3.63) is 72.9 Å². The van der Waals surface area contributed by atoms with Crippen molar-refractivity contribution in [2.24, 2.45) is 0 Å². The van der Waals surface area contributed by atoms with Crippen LogP contribution < -0.4 is 10.2 Å². The Bertz CT molecular complexity index is 1400. The highest BCUT2D eigenvalue weighted by molar-refractivity contribution is 7.45. The Kier molecular flexibility index (Phi) is 46.3. The lowest BCUT2D eigenvalue weighted by Crippen LogP contribution is -2.47. The van der Waals surface area contributed by atoms with Gasteiger partial charge in [0, 0.05) is 12.8 Å². The van der Waals surface area contributed by atoms with Crippen molar-refractivity contribution >= 4 is 19.7 Å². The minimum atomic E-state index is -4.71. The number of carbonyl (C=O) groups excluding carboxylic acids is 2. The summed E-state index contributed by atoms with van der Waals surface area (Å²) in [4.78, 5) is 39.7. The van der Waals surface area contributed by atoms with Gasteiger partial charge in [-0.15, -0.1) is 0 Å². The number of hydrogen-bond acceptors (Lipinski definition) is 7. The zero-order chi connectivity index (χ0) is 50.1. The topological polar surface area (TPSA) is 114 Å². The van der Waals surface area contributed by atoms with Crippen LogP contribution in [0.15, 0.2) is 72.9 Å². The average Bonchev–Trinajstić information content (AvgIpc) is 3.29. The Labute approximate surface area is 419 Å². The van der Waals surface area contributed by atoms with Gasteiger partial charge >= 0.3 is 5.97 Å². The first kappa shape index (κ1) is 65.5. The summed E-state index contributed by atoms with van der Waals surface area (Å²) in [6.45, 7) is 6.74. The third-order valence-corrected chi connectivity index (χ3v) is 12.8. The summed E-state index contributed by atoms with van der Waals surface area (Å²) in [5, 5.41) is 2.99. The molecule has 0 aromatic heterocycles. The number of nitrogens with one attached hydrogen (secondary N) is 1. The molecule has 0 saturated carbocycles. The molecule has 3 unspecified atom stereocenters. The fourth-order valence-electron chi connectivity index (χ4n) is 7.51. The van der Waals surface area contributed by atoms with Gasteiger partial charge in [-0.25, -0.2) is 0 Å². The summed E-state index contributed by atoms with van der Waals surface area (Å²) in [5.41, 5.74) is 0. The van der Waals surface area contributed by atoms with E-state index in [-0.39, 0.29) is 25.4 Å². The molecular weight excluding hydrogens is 868 g/mol. The van der Waals surface area contributed by atoms with Gasteiger partial charge < -0.3 is 28.5 Å². The lowest BCUT2D eigenvalue weighted by Gasteiger charge is -2.30. The van der Waals surface area contributed by atoms with Gasteiger partial charge in [-0.1, -0.05) is 197 Å². The Morgan fingerprint density at radius 3 is 1.41 bits per heavy atom. The molecule has 0 rings (SSSR count). The van der Waals surface area contributed by atoms with E-state index >= 15 is 0 Å². The number of allylic oxidation sites excluding steroid dienone is 11. The maximum atomic E-state index is 13.4. The molecule has 1 amide bonds. The van der Waals surface area contributed by atoms with Gasteiger partial charge in [0.25, 0.3) is 7.82 Å². The Hall–Kier alpha value is -2.55. The van der Waals surface area contributed by atoms with Crippen molar-refractivity contribution in [3.8, 4) is 0 Å². The third kappa shape index (κ3) is 48.5. The minimum absolute atomic E-state index is 0.0356. The quantitative estimate of drug-likeness (QED) is 0.0212. The van der Waals surface area contributed by atoms with E-state index in [0.717, 1.165) is 70.6 Å². The molecule has 0 fully saturated rings. The van der Waals surface area contributed by atoms with Crippen LogP contribution in [0.5, 0.6) is 0 Å². The number of nitrogens with zero attached hydrogens (tertiary/aromatic N) is 1. The largest absolute Gasteiger partial charge is 0.756 e. The molecule has 68 heavy (non-hydrogen) atoms. The van der Waals surface area contributed by atoms with Crippen molar-refractivity contribution in [1.82, 2.24) is 5.32 Å². The van der Waals surface area contributed by atoms with Crippen molar-refractivity contribution in [1.29, 1.82) is 0 Å². The molecule has 0 bridgehead atoms. The van der Waals surface area contributed by atoms with Crippen LogP contribution in [0.25, 0.3) is 0 Å². The molecule has 0 aromatic carbocycles. The molecule has 394 valence electrons. The number of amides is 1. The van der Waals surface area contributed by atoms with Crippen LogP contribution in [0.3, 0.4) is 0 Å². The molecule has 0 heterocycles. The van der Waals surface area contributed by atoms with E-state index in [2.05, 4.69) is 86.8 Å². The highest BCUT2D eigenvalue weighted by Crippen LogP contribution is 2.38. The fourth-order valence-corrected chi connectivity index (χ4v) is 8.23. The van der Waals surface area contributed by atoms with Crippen LogP contribution in [0.4, 0.5) is 0 Å². The van der Waals surface area contributed by atoms with E-state index in [1.807, 2.05) is 27.2 Å². The second kappa shape index (κ2) is 48.1. The van der Waals surface area contributed by atoms with Gasteiger partial charge in [0.05, 0.1) is 33.8 Å². The maximum Gasteiger partial charge on any atom is 0.306 e. The van der Waals surface area contributed by atoms with Gasteiger partial charge in [-0.05, 0) is 96.0 Å². The number of phosphoric acid groups is 1. The van der Waals surface area contributed by atoms with E-state index in [0.29, 0.717) is 23.9 Å². The van der Waals surface area contributed by atoms with Gasteiger partial charge in [-0.2, -0.15) is 0 Å². The van der Waals surface area contributed by atoms with Gasteiger partial charge in [-0.3, -0.25) is 14.2 Å². The first-order valence-electron chi connectivity index (χ1n) is 27.7. The normalized spacial score (nSPS) is 14.4. The number of carbonyl (C=O) groups is 2. The Balaban J connectivity index is 5.48. The molecule has 3 atom stereocenters. The number of esters is 1. The van der Waals surface area contributed by atoms with Gasteiger partial charge in [0.15, 0.2) is 0 Å². The molecule has 9 nitrogen and oxygen atoms in total. The molecule has 0 aliphatic carbocycles. The first-order chi connectivity index (χ1) is 32.9. The molecule has 1 N–H and O–H groups in total. The summed E-state index contributed by atoms with van der Waals surface area (Å²) in [6.07, 6.45) is 60.2. The minimum Gasteiger partial charge on any atom is -0.756 e. The zero-order valence-corrected chi connectivity index (χ0v) is 45.7. The predicted octanol–water partition coefficient (Wildman–Crippen LogP) is 15.9. The highest BCUT2D eigenvalue weighted by Gasteiger charge is 2.27. The lowest BCUT2D eigenvalue weighted by molar-refractivity contribution is -0.870. The highest BCUT2D eigenvalue weighted by atomic mass is 31.2. The summed E-state index contributed by atoms with van der Waals surface area (Å²) in [7, 11) is 1.14. The summed E-state index contributed by atoms with van der Waals surface area (Å²) < 4.78 is 30.1. The molecule has 0 radical (unpaired) electrons. The third-order valence-electron chi connectivity index (χ3n) is 11.9. The number of ether oxygens (including phenoxy) is 1. The first-order valence-corrected chi connectivity index (χ1v) is 29.2. The Morgan fingerprint density at radius 2 is 0.912 bits per heavy atom. The van der Waals surface area contributed by atoms with Crippen molar-refractivity contribution in [3.63, 3.8) is 0 Å². The summed E-state index contributed by atoms with van der Waals surface area (Å²) >= 11 is 0. The average molecular weight is 973 g/mol. The van der Waals surface area contributed by atoms with E-state index in [1.165, 1.54) is 116 Å². The van der Waals surface area contributed by atoms with Crippen LogP contribution in [-0.4, -0.2) is 69.4 Å². The van der Waals surface area contributed by atoms with Crippen molar-refractivity contribution in [2.75, 3.05) is 40.9 Å². The molecule has 0 spiro atoms. The smallest absolute Gasteiger partial charge is 0.306 e. The van der Waals surface area contributed by atoms with Crippen molar-refractivity contribution in [2.45, 2.75) is 245 Å². The van der Waals surface area contributed by atoms with Crippen LogP contribution in [-0.2, 0) is 27.9 Å². The molecule has 0 aromatic rings. The number of quaternary nitrogens is 1. The van der Waals surface area contributed by atoms with Crippen LogP contribution in [0, 0.1) is 0 Å². The van der Waals surface area contributed by atoms with E-state index in [1.54, 1.807) is 6.08 Å². The zero-order valence-electron chi connectivity index (χ0n) is 44.8. The standard InChI is InChI=1S/C58H105N2O7P/c1-7-10-13-16-19-22-25-27-29-30-31-33-36-39-42-45-48-51-58(62)67-56(49-46-43-40-37-34-24-21-18-15-12-9-3)55(54-66-68(63,64)65-53-52-60(4,5)6)59-57(61)50-47-44-41-38-35-32-28-26-23-20-17-14-11-8-2/h19,22,27,29,31-33,35,39,42,46,49,55-56H,7-18,20-21,23-26,28,30,34,36-38,40-41,43-45,47-48,50-54H2,1-6H3,(H-,59,61,63,64)/b22-19-,29-27-,33-31-,35-32-,42-39-,49-46+. The predicted molar refractivity (Wildman–Crippen MR) is 288 cm³/mol. The van der Waals surface area contributed by atoms with Gasteiger partial charge in [0.1, 0.15) is 19.3 Å². The monoisotopic (exact) mass is 973 g/mol. The van der Waals surface area contributed by atoms with Gasteiger partial charge in [0.2, 0.25) is 5.91 Å². The molecule has 0 aliphatic rings. The van der Waals surface area contributed by atoms with Crippen LogP contribution >= 0.6 is 7.82 Å². The summed E-state index contributed by atoms with van der Waals surface area (Å²) in [6, 6.07) is -0.918. The Morgan fingerprint density at radius 1 is 0.515 bits per heavy atom. The van der Waals surface area contributed by atoms with Crippen molar-refractivity contribution < 1.29 is 37.3 Å². The van der Waals surface area contributed by atoms with E-state index < -0.39 is 32.5 Å². The lowest BCUT2D eigenvalue weighted by atomic mass is 10.1. The van der Waals surface area contributed by atoms with E-state index in [9.17, 15) is 19.0 Å². The van der Waals surface area contributed by atoms with E-state index in [4.69, 9.17) is 13.8 Å². The second-order valence-corrected chi connectivity index (χ2v) is 21.1. The molecule has 0 saturated heterocycles. The maximum absolute atomic E-state index is 13.4. The van der Waals surface area contributed by atoms with Crippen LogP contribution in [0.1, 0.15) is 233 Å². The molecular formula is C58H105N2O7P. The molecule has 0 aliphatic heterocycles. The number of rotatable bonds is 49. The number of likely N-dealkylation sites (N-methyl/N-ethyl adjacent to an activating group) is 1. The number of phosphoric ester groups is 1. The fraction of sp³-hybridized carbons (Fsp3) is 0.759. The van der Waals surface area contributed by atoms with Crippen LogP contribution in [0.2, 0.25) is 0 Å². The number of hydrogen-bond donors (Lipinski definition) is 1. The second-order valence-electron chi connectivity index (χ2n) is 19.7. The molecule has 10 heteroatoms.